The van der Waals surface area contributed by atoms with Crippen molar-refractivity contribution in [1.82, 2.24) is 9.97 Å². The summed E-state index contributed by atoms with van der Waals surface area (Å²) in [6, 6.07) is 13.3. The number of H-pyrrole nitrogens is 1. The summed E-state index contributed by atoms with van der Waals surface area (Å²) in [7, 11) is 0. The molecular weight excluding hydrogens is 292 g/mol. The number of carbonyl (C=O) groups is 1. The minimum atomic E-state index is 0.645. The number of aromatic amines is 1. The van der Waals surface area contributed by atoms with Gasteiger partial charge in [-0.2, -0.15) is 0 Å². The van der Waals surface area contributed by atoms with Crippen LogP contribution < -0.4 is 0 Å². The molecule has 3 rings (SSSR count). The van der Waals surface area contributed by atoms with Gasteiger partial charge in [-0.25, -0.2) is 4.98 Å². The van der Waals surface area contributed by atoms with Crippen LogP contribution in [0.3, 0.4) is 0 Å². The highest BCUT2D eigenvalue weighted by Crippen LogP contribution is 2.23. The number of nitrogens with one attached hydrogen (secondary N) is 1. The first-order chi connectivity index (χ1) is 8.76. The van der Waals surface area contributed by atoms with Crippen molar-refractivity contribution >= 4 is 33.2 Å². The predicted octanol–water partition coefficient (Wildman–Crippen LogP) is 3.80. The van der Waals surface area contributed by atoms with Gasteiger partial charge in [-0.05, 0) is 30.3 Å². The molecule has 0 unspecified atom stereocenters. The van der Waals surface area contributed by atoms with Crippen molar-refractivity contribution in [3.8, 4) is 11.4 Å². The number of nitrogens with zero attached hydrogens (tertiary/aromatic N) is 1. The lowest BCUT2D eigenvalue weighted by Gasteiger charge is -1.96. The smallest absolute Gasteiger partial charge is 0.150 e. The Morgan fingerprint density at radius 2 is 2.06 bits per heavy atom. The van der Waals surface area contributed by atoms with Gasteiger partial charge in [-0.15, -0.1) is 0 Å². The van der Waals surface area contributed by atoms with Crippen molar-refractivity contribution < 1.29 is 4.79 Å². The fourth-order valence-corrected chi connectivity index (χ4v) is 2.27. The molecule has 4 heteroatoms. The molecule has 0 aliphatic carbocycles. The molecule has 2 aromatic carbocycles. The van der Waals surface area contributed by atoms with Crippen molar-refractivity contribution in [3.05, 3.63) is 52.5 Å². The first-order valence-corrected chi connectivity index (χ1v) is 6.26. The van der Waals surface area contributed by atoms with Gasteiger partial charge >= 0.3 is 0 Å². The largest absolute Gasteiger partial charge is 0.338 e. The predicted molar refractivity (Wildman–Crippen MR) is 74.6 cm³/mol. The lowest BCUT2D eigenvalue weighted by Crippen LogP contribution is -1.79. The Morgan fingerprint density at radius 1 is 1.17 bits per heavy atom. The summed E-state index contributed by atoms with van der Waals surface area (Å²) >= 11 is 3.44. The second-order valence-corrected chi connectivity index (χ2v) is 4.91. The van der Waals surface area contributed by atoms with Crippen molar-refractivity contribution in [2.45, 2.75) is 0 Å². The van der Waals surface area contributed by atoms with Gasteiger partial charge in [-0.3, -0.25) is 4.79 Å². The monoisotopic (exact) mass is 300 g/mol. The van der Waals surface area contributed by atoms with Crippen LogP contribution in [0.15, 0.2) is 46.9 Å². The van der Waals surface area contributed by atoms with Crippen LogP contribution in [-0.4, -0.2) is 16.3 Å². The molecule has 0 bridgehead atoms. The number of rotatable bonds is 2. The van der Waals surface area contributed by atoms with Gasteiger partial charge in [0, 0.05) is 15.6 Å². The summed E-state index contributed by atoms with van der Waals surface area (Å²) < 4.78 is 1.01. The second-order valence-electron chi connectivity index (χ2n) is 3.99. The van der Waals surface area contributed by atoms with E-state index < -0.39 is 0 Å². The third kappa shape index (κ3) is 1.95. The van der Waals surface area contributed by atoms with Crippen LogP contribution in [0.1, 0.15) is 10.4 Å². The Labute approximate surface area is 112 Å². The molecule has 88 valence electrons. The molecule has 18 heavy (non-hydrogen) atoms. The maximum atomic E-state index is 10.7. The van der Waals surface area contributed by atoms with Gasteiger partial charge in [0.2, 0.25) is 0 Å². The van der Waals surface area contributed by atoms with Gasteiger partial charge in [0.05, 0.1) is 11.0 Å². The number of hydrogen-bond acceptors (Lipinski definition) is 2. The van der Waals surface area contributed by atoms with Gasteiger partial charge in [0.25, 0.3) is 0 Å². The van der Waals surface area contributed by atoms with E-state index in [-0.39, 0.29) is 0 Å². The van der Waals surface area contributed by atoms with Gasteiger partial charge in [-0.1, -0.05) is 28.1 Å². The molecule has 0 saturated heterocycles. The highest BCUT2D eigenvalue weighted by Gasteiger charge is 2.06. The van der Waals surface area contributed by atoms with Gasteiger partial charge in [0.15, 0.2) is 0 Å². The van der Waals surface area contributed by atoms with E-state index >= 15 is 0 Å². The number of halogens is 1. The first kappa shape index (κ1) is 11.2. The van der Waals surface area contributed by atoms with E-state index in [1.54, 1.807) is 12.1 Å². The van der Waals surface area contributed by atoms with Gasteiger partial charge in [0.1, 0.15) is 12.1 Å². The molecule has 0 aliphatic rings. The van der Waals surface area contributed by atoms with Crippen LogP contribution in [0.4, 0.5) is 0 Å². The molecule has 3 aromatic rings. The Balaban J connectivity index is 2.16. The zero-order chi connectivity index (χ0) is 12.5. The number of imidazole rings is 1. The molecule has 1 N–H and O–H groups in total. The van der Waals surface area contributed by atoms with Gasteiger partial charge < -0.3 is 4.98 Å². The van der Waals surface area contributed by atoms with E-state index in [4.69, 9.17) is 0 Å². The summed E-state index contributed by atoms with van der Waals surface area (Å²) in [4.78, 5) is 18.5. The molecule has 0 fully saturated rings. The van der Waals surface area contributed by atoms with E-state index in [9.17, 15) is 4.79 Å². The normalized spacial score (nSPS) is 10.7. The van der Waals surface area contributed by atoms with Crippen molar-refractivity contribution in [2.75, 3.05) is 0 Å². The lowest BCUT2D eigenvalue weighted by molar-refractivity contribution is 0.112. The maximum absolute atomic E-state index is 10.7. The number of benzene rings is 2. The zero-order valence-corrected chi connectivity index (χ0v) is 10.9. The minimum Gasteiger partial charge on any atom is -0.338 e. The standard InChI is InChI=1S/C14H9BrN2O/c15-11-3-1-2-10(7-11)14-16-12-5-4-9(8-18)6-13(12)17-14/h1-8H,(H,16,17). The third-order valence-electron chi connectivity index (χ3n) is 2.74. The zero-order valence-electron chi connectivity index (χ0n) is 9.35. The van der Waals surface area contributed by atoms with Crippen molar-refractivity contribution in [2.24, 2.45) is 0 Å². The van der Waals surface area contributed by atoms with E-state index in [1.807, 2.05) is 30.3 Å². The SMILES string of the molecule is O=Cc1ccc2nc(-c3cccc(Br)c3)[nH]c2c1. The number of aldehydes is 1. The molecule has 0 amide bonds. The number of carbonyl (C=O) groups excluding carboxylic acids is 1. The fourth-order valence-electron chi connectivity index (χ4n) is 1.87. The average molecular weight is 301 g/mol. The lowest BCUT2D eigenvalue weighted by atomic mass is 10.2. The summed E-state index contributed by atoms with van der Waals surface area (Å²) in [6.45, 7) is 0. The molecule has 0 aliphatic heterocycles. The fraction of sp³-hybridized carbons (Fsp3) is 0. The molecule has 1 heterocycles. The van der Waals surface area contributed by atoms with Crippen molar-refractivity contribution in [1.29, 1.82) is 0 Å². The number of fused-ring (bicyclic) bond motifs is 1. The average Bonchev–Trinajstić information content (AvgIpc) is 2.81. The summed E-state index contributed by atoms with van der Waals surface area (Å²) in [5.74, 6) is 0.800. The van der Waals surface area contributed by atoms with Crippen LogP contribution in [-0.2, 0) is 0 Å². The van der Waals surface area contributed by atoms with Crippen molar-refractivity contribution in [3.63, 3.8) is 0 Å². The van der Waals surface area contributed by atoms with Crippen LogP contribution in [0, 0.1) is 0 Å². The molecule has 3 nitrogen and oxygen atoms in total. The number of hydrogen-bond donors (Lipinski definition) is 1. The molecule has 0 atom stereocenters. The second kappa shape index (κ2) is 4.38. The summed E-state index contributed by atoms with van der Waals surface area (Å²) in [5, 5.41) is 0. The topological polar surface area (TPSA) is 45.8 Å². The maximum Gasteiger partial charge on any atom is 0.150 e. The molecular formula is C14H9BrN2O. The quantitative estimate of drug-likeness (QED) is 0.732. The Morgan fingerprint density at radius 3 is 2.83 bits per heavy atom. The third-order valence-corrected chi connectivity index (χ3v) is 3.23. The molecule has 0 spiro atoms. The van der Waals surface area contributed by atoms with Crippen LogP contribution in [0.5, 0.6) is 0 Å². The molecule has 1 aromatic heterocycles. The number of aromatic nitrogens is 2. The Kier molecular flexibility index (Phi) is 2.72. The van der Waals surface area contributed by atoms with E-state index in [1.165, 1.54) is 0 Å². The molecule has 0 saturated carbocycles. The summed E-state index contributed by atoms with van der Waals surface area (Å²) in [6.07, 6.45) is 0.832. The van der Waals surface area contributed by atoms with Crippen LogP contribution in [0.25, 0.3) is 22.4 Å². The minimum absolute atomic E-state index is 0.645. The van der Waals surface area contributed by atoms with Crippen LogP contribution >= 0.6 is 15.9 Å². The Bertz CT molecular complexity index is 733. The Hall–Kier alpha value is -1.94. The molecule has 0 radical (unpaired) electrons. The highest BCUT2D eigenvalue weighted by atomic mass is 79.9. The first-order valence-electron chi connectivity index (χ1n) is 5.47. The van der Waals surface area contributed by atoms with Crippen LogP contribution in [0.2, 0.25) is 0 Å². The van der Waals surface area contributed by atoms with E-state index in [2.05, 4.69) is 25.9 Å². The highest BCUT2D eigenvalue weighted by molar-refractivity contribution is 9.10. The van der Waals surface area contributed by atoms with E-state index in [0.717, 1.165) is 33.2 Å². The van der Waals surface area contributed by atoms with E-state index in [0.29, 0.717) is 5.56 Å². The summed E-state index contributed by atoms with van der Waals surface area (Å²) in [5.41, 5.74) is 3.38.